The molecule has 0 spiro atoms. The van der Waals surface area contributed by atoms with Crippen molar-refractivity contribution in [2.75, 3.05) is 5.32 Å². The Labute approximate surface area is 133 Å². The fourth-order valence-corrected chi connectivity index (χ4v) is 1.91. The molecule has 0 aliphatic carbocycles. The third kappa shape index (κ3) is 4.33. The molecule has 0 fully saturated rings. The minimum atomic E-state index is -0.917. The number of benzene rings is 2. The maximum atomic E-state index is 13.0. The normalized spacial score (nSPS) is 10.7. The number of anilines is 1. The molecule has 0 aliphatic heterocycles. The van der Waals surface area contributed by atoms with Gasteiger partial charge in [-0.3, -0.25) is 5.43 Å². The van der Waals surface area contributed by atoms with Crippen LogP contribution >= 0.6 is 12.2 Å². The number of rotatable bonds is 3. The molecular weight excluding hydrogens is 304 g/mol. The monoisotopic (exact) mass is 319 g/mol. The average molecular weight is 319 g/mol. The van der Waals surface area contributed by atoms with E-state index in [2.05, 4.69) is 15.8 Å². The summed E-state index contributed by atoms with van der Waals surface area (Å²) in [5, 5.41) is 7.18. The minimum Gasteiger partial charge on any atom is -0.331 e. The summed E-state index contributed by atoms with van der Waals surface area (Å²) in [6.07, 6.45) is 1.36. The van der Waals surface area contributed by atoms with Crippen molar-refractivity contribution in [3.05, 3.63) is 64.7 Å². The van der Waals surface area contributed by atoms with Crippen molar-refractivity contribution in [2.24, 2.45) is 5.10 Å². The van der Waals surface area contributed by atoms with Crippen molar-refractivity contribution in [3.8, 4) is 0 Å². The van der Waals surface area contributed by atoms with E-state index in [0.717, 1.165) is 23.4 Å². The Hall–Kier alpha value is -2.34. The summed E-state index contributed by atoms with van der Waals surface area (Å²) in [6.45, 7) is 4.04. The maximum absolute atomic E-state index is 13.0. The lowest BCUT2D eigenvalue weighted by atomic mass is 10.1. The standard InChI is InChI=1S/C16H15F2N3S/c1-10-3-5-13(7-11(10)2)20-16(22)21-19-9-12-4-6-14(17)15(18)8-12/h3-9H,1-2H3,(H2,20,21,22)/b19-9-. The van der Waals surface area contributed by atoms with Crippen LogP contribution in [0.3, 0.4) is 0 Å². The van der Waals surface area contributed by atoms with E-state index in [1.165, 1.54) is 17.8 Å². The summed E-state index contributed by atoms with van der Waals surface area (Å²) in [4.78, 5) is 0. The molecule has 0 heterocycles. The van der Waals surface area contributed by atoms with Crippen LogP contribution in [0.5, 0.6) is 0 Å². The number of thiocarbonyl (C=S) groups is 1. The summed E-state index contributed by atoms with van der Waals surface area (Å²) in [6, 6.07) is 9.40. The number of aryl methyl sites for hydroxylation is 2. The van der Waals surface area contributed by atoms with Crippen LogP contribution < -0.4 is 10.7 Å². The van der Waals surface area contributed by atoms with E-state index in [4.69, 9.17) is 12.2 Å². The van der Waals surface area contributed by atoms with Crippen LogP contribution in [-0.4, -0.2) is 11.3 Å². The average Bonchev–Trinajstić information content (AvgIpc) is 2.47. The first-order valence-corrected chi connectivity index (χ1v) is 6.99. The number of nitrogens with one attached hydrogen (secondary N) is 2. The molecule has 2 N–H and O–H groups in total. The molecular formula is C16H15F2N3S. The Balaban J connectivity index is 1.93. The van der Waals surface area contributed by atoms with Crippen LogP contribution in [-0.2, 0) is 0 Å². The van der Waals surface area contributed by atoms with Gasteiger partial charge in [0.15, 0.2) is 16.7 Å². The van der Waals surface area contributed by atoms with Gasteiger partial charge >= 0.3 is 0 Å². The lowest BCUT2D eigenvalue weighted by Gasteiger charge is -2.08. The zero-order valence-electron chi connectivity index (χ0n) is 12.2. The van der Waals surface area contributed by atoms with Gasteiger partial charge < -0.3 is 5.32 Å². The topological polar surface area (TPSA) is 36.4 Å². The predicted molar refractivity (Wildman–Crippen MR) is 89.2 cm³/mol. The Kier molecular flexibility index (Phi) is 5.16. The van der Waals surface area contributed by atoms with Crippen LogP contribution in [0.2, 0.25) is 0 Å². The third-order valence-electron chi connectivity index (χ3n) is 3.09. The molecule has 2 rings (SSSR count). The molecule has 0 amide bonds. The second-order valence-electron chi connectivity index (χ2n) is 4.80. The van der Waals surface area contributed by atoms with Crippen molar-refractivity contribution < 1.29 is 8.78 Å². The molecule has 0 radical (unpaired) electrons. The molecule has 0 saturated carbocycles. The first-order valence-electron chi connectivity index (χ1n) is 6.58. The van der Waals surface area contributed by atoms with Gasteiger partial charge in [0.05, 0.1) is 6.21 Å². The van der Waals surface area contributed by atoms with Gasteiger partial charge in [-0.2, -0.15) is 5.10 Å². The van der Waals surface area contributed by atoms with Crippen molar-refractivity contribution in [1.29, 1.82) is 0 Å². The molecule has 3 nitrogen and oxygen atoms in total. The summed E-state index contributed by atoms with van der Waals surface area (Å²) in [5.41, 5.74) is 6.25. The predicted octanol–water partition coefficient (Wildman–Crippen LogP) is 3.90. The Morgan fingerprint density at radius 3 is 2.50 bits per heavy atom. The molecule has 114 valence electrons. The summed E-state index contributed by atoms with van der Waals surface area (Å²) in [7, 11) is 0. The largest absolute Gasteiger partial charge is 0.331 e. The molecule has 0 aliphatic rings. The van der Waals surface area contributed by atoms with Crippen molar-refractivity contribution >= 4 is 29.2 Å². The van der Waals surface area contributed by atoms with Crippen molar-refractivity contribution in [3.63, 3.8) is 0 Å². The number of hydrogen-bond donors (Lipinski definition) is 2. The van der Waals surface area contributed by atoms with Crippen LogP contribution in [0.15, 0.2) is 41.5 Å². The van der Waals surface area contributed by atoms with E-state index in [1.54, 1.807) is 0 Å². The SMILES string of the molecule is Cc1ccc(NC(=S)N/N=C\c2ccc(F)c(F)c2)cc1C. The van der Waals surface area contributed by atoms with Gasteiger partial charge in [0.1, 0.15) is 0 Å². The van der Waals surface area contributed by atoms with Gasteiger partial charge in [0.25, 0.3) is 0 Å². The molecule has 22 heavy (non-hydrogen) atoms. The first kappa shape index (κ1) is 16.0. The fourth-order valence-electron chi connectivity index (χ4n) is 1.74. The number of halogens is 2. The number of nitrogens with zero attached hydrogens (tertiary/aromatic N) is 1. The van der Waals surface area contributed by atoms with E-state index < -0.39 is 11.6 Å². The molecule has 2 aromatic rings. The third-order valence-corrected chi connectivity index (χ3v) is 3.28. The highest BCUT2D eigenvalue weighted by Gasteiger charge is 2.01. The fraction of sp³-hybridized carbons (Fsp3) is 0.125. The highest BCUT2D eigenvalue weighted by molar-refractivity contribution is 7.80. The van der Waals surface area contributed by atoms with Crippen LogP contribution in [0.1, 0.15) is 16.7 Å². The quantitative estimate of drug-likeness (QED) is 0.512. The van der Waals surface area contributed by atoms with Crippen molar-refractivity contribution in [2.45, 2.75) is 13.8 Å². The van der Waals surface area contributed by atoms with Gasteiger partial charge in [0, 0.05) is 5.69 Å². The molecule has 6 heteroatoms. The lowest BCUT2D eigenvalue weighted by Crippen LogP contribution is -2.23. The van der Waals surface area contributed by atoms with E-state index >= 15 is 0 Å². The van der Waals surface area contributed by atoms with Crippen LogP contribution in [0.4, 0.5) is 14.5 Å². The molecule has 2 aromatic carbocycles. The smallest absolute Gasteiger partial charge is 0.191 e. The minimum absolute atomic E-state index is 0.307. The summed E-state index contributed by atoms with van der Waals surface area (Å²) < 4.78 is 25.8. The van der Waals surface area contributed by atoms with E-state index in [0.29, 0.717) is 10.7 Å². The summed E-state index contributed by atoms with van der Waals surface area (Å²) >= 11 is 5.10. The zero-order valence-corrected chi connectivity index (χ0v) is 13.0. The van der Waals surface area contributed by atoms with Crippen molar-refractivity contribution in [1.82, 2.24) is 5.43 Å². The molecule has 0 aromatic heterocycles. The van der Waals surface area contributed by atoms with E-state index in [9.17, 15) is 8.78 Å². The Bertz CT molecular complexity index is 729. The summed E-state index contributed by atoms with van der Waals surface area (Å²) in [5.74, 6) is -1.81. The molecule has 0 saturated heterocycles. The highest BCUT2D eigenvalue weighted by atomic mass is 32.1. The first-order chi connectivity index (χ1) is 10.5. The van der Waals surface area contributed by atoms with E-state index in [1.807, 2.05) is 32.0 Å². The number of hydrazone groups is 1. The van der Waals surface area contributed by atoms with Gasteiger partial charge in [0.2, 0.25) is 0 Å². The van der Waals surface area contributed by atoms with Gasteiger partial charge in [-0.1, -0.05) is 12.1 Å². The van der Waals surface area contributed by atoms with Crippen LogP contribution in [0.25, 0.3) is 0 Å². The van der Waals surface area contributed by atoms with Gasteiger partial charge in [-0.15, -0.1) is 0 Å². The van der Waals surface area contributed by atoms with Gasteiger partial charge in [-0.25, -0.2) is 8.78 Å². The van der Waals surface area contributed by atoms with E-state index in [-0.39, 0.29) is 0 Å². The second-order valence-corrected chi connectivity index (χ2v) is 5.20. The van der Waals surface area contributed by atoms with Gasteiger partial charge in [-0.05, 0) is 67.0 Å². The Morgan fingerprint density at radius 2 is 1.82 bits per heavy atom. The molecule has 0 atom stereocenters. The lowest BCUT2D eigenvalue weighted by molar-refractivity contribution is 0.508. The molecule has 0 unspecified atom stereocenters. The second kappa shape index (κ2) is 7.09. The number of hydrogen-bond acceptors (Lipinski definition) is 2. The maximum Gasteiger partial charge on any atom is 0.191 e. The highest BCUT2D eigenvalue weighted by Crippen LogP contribution is 2.13. The van der Waals surface area contributed by atoms with Crippen LogP contribution in [0, 0.1) is 25.5 Å². The Morgan fingerprint density at radius 1 is 1.05 bits per heavy atom. The zero-order chi connectivity index (χ0) is 16.1. The molecule has 0 bridgehead atoms.